The van der Waals surface area contributed by atoms with E-state index in [0.29, 0.717) is 12.0 Å². The quantitative estimate of drug-likeness (QED) is 0.740. The van der Waals surface area contributed by atoms with Crippen molar-refractivity contribution < 1.29 is 4.74 Å². The second-order valence-electron chi connectivity index (χ2n) is 4.99. The van der Waals surface area contributed by atoms with Crippen LogP contribution in [0.15, 0.2) is 6.20 Å². The molecular formula is C13H23N3O. The maximum atomic E-state index is 5.41. The first kappa shape index (κ1) is 12.6. The van der Waals surface area contributed by atoms with Crippen LogP contribution in [0, 0.1) is 12.8 Å². The first-order valence-electron chi connectivity index (χ1n) is 6.57. The lowest BCUT2D eigenvalue weighted by Crippen LogP contribution is -2.34. The molecule has 4 heteroatoms. The summed E-state index contributed by atoms with van der Waals surface area (Å²) in [5.41, 5.74) is 2.53. The van der Waals surface area contributed by atoms with Gasteiger partial charge in [0.1, 0.15) is 0 Å². The van der Waals surface area contributed by atoms with Gasteiger partial charge in [-0.25, -0.2) is 0 Å². The molecule has 1 aliphatic heterocycles. The minimum absolute atomic E-state index is 0.572. The molecule has 96 valence electrons. The van der Waals surface area contributed by atoms with Crippen LogP contribution in [0.4, 0.5) is 0 Å². The van der Waals surface area contributed by atoms with Gasteiger partial charge in [-0.3, -0.25) is 5.10 Å². The molecule has 0 radical (unpaired) electrons. The normalized spacial score (nSPS) is 21.9. The van der Waals surface area contributed by atoms with Crippen LogP contribution in [-0.2, 0) is 11.2 Å². The van der Waals surface area contributed by atoms with Crippen LogP contribution in [0.25, 0.3) is 0 Å². The molecule has 4 nitrogen and oxygen atoms in total. The van der Waals surface area contributed by atoms with Crippen molar-refractivity contribution in [1.82, 2.24) is 15.5 Å². The fourth-order valence-corrected chi connectivity index (χ4v) is 2.35. The molecule has 0 aromatic carbocycles. The third kappa shape index (κ3) is 3.54. The van der Waals surface area contributed by atoms with Crippen LogP contribution in [0.1, 0.15) is 31.0 Å². The van der Waals surface area contributed by atoms with Gasteiger partial charge in [0, 0.05) is 18.3 Å². The molecule has 0 saturated carbocycles. The largest absolute Gasteiger partial charge is 0.381 e. The topological polar surface area (TPSA) is 49.9 Å². The second-order valence-corrected chi connectivity index (χ2v) is 4.99. The Morgan fingerprint density at radius 2 is 2.53 bits per heavy atom. The molecule has 2 heterocycles. The fourth-order valence-electron chi connectivity index (χ4n) is 2.35. The number of aryl methyl sites for hydroxylation is 2. The van der Waals surface area contributed by atoms with Crippen LogP contribution in [0.2, 0.25) is 0 Å². The third-order valence-corrected chi connectivity index (χ3v) is 3.70. The molecule has 1 aromatic rings. The third-order valence-electron chi connectivity index (χ3n) is 3.70. The second kappa shape index (κ2) is 6.17. The highest BCUT2D eigenvalue weighted by molar-refractivity contribution is 5.14. The summed E-state index contributed by atoms with van der Waals surface area (Å²) < 4.78 is 5.41. The van der Waals surface area contributed by atoms with E-state index in [4.69, 9.17) is 4.74 Å². The van der Waals surface area contributed by atoms with E-state index in [0.717, 1.165) is 32.6 Å². The zero-order valence-corrected chi connectivity index (χ0v) is 10.8. The van der Waals surface area contributed by atoms with Crippen LogP contribution < -0.4 is 5.32 Å². The van der Waals surface area contributed by atoms with Crippen molar-refractivity contribution in [3.63, 3.8) is 0 Å². The number of H-pyrrole nitrogens is 1. The standard InChI is InChI=1S/C13H23N3O/c1-10(13-5-7-17-9-13)14-6-3-4-12-8-15-16-11(12)2/h8,10,13-14H,3-7,9H2,1-2H3,(H,15,16). The van der Waals surface area contributed by atoms with Gasteiger partial charge >= 0.3 is 0 Å². The van der Waals surface area contributed by atoms with Crippen molar-refractivity contribution in [2.75, 3.05) is 19.8 Å². The van der Waals surface area contributed by atoms with Gasteiger partial charge < -0.3 is 10.1 Å². The van der Waals surface area contributed by atoms with Crippen LogP contribution in [0.3, 0.4) is 0 Å². The van der Waals surface area contributed by atoms with E-state index in [2.05, 4.69) is 29.4 Å². The lowest BCUT2D eigenvalue weighted by molar-refractivity contribution is 0.178. The number of rotatable bonds is 6. The molecule has 2 N–H and O–H groups in total. The average Bonchev–Trinajstić information content (AvgIpc) is 2.96. The van der Waals surface area contributed by atoms with E-state index in [1.54, 1.807) is 0 Å². The summed E-state index contributed by atoms with van der Waals surface area (Å²) in [7, 11) is 0. The predicted molar refractivity (Wildman–Crippen MR) is 68.0 cm³/mol. The Morgan fingerprint density at radius 1 is 1.65 bits per heavy atom. The molecule has 2 unspecified atom stereocenters. The van der Waals surface area contributed by atoms with Gasteiger partial charge in [-0.05, 0) is 51.1 Å². The van der Waals surface area contributed by atoms with E-state index >= 15 is 0 Å². The number of hydrogen-bond acceptors (Lipinski definition) is 3. The summed E-state index contributed by atoms with van der Waals surface area (Å²) >= 11 is 0. The van der Waals surface area contributed by atoms with Gasteiger partial charge in [0.05, 0.1) is 12.8 Å². The molecule has 17 heavy (non-hydrogen) atoms. The van der Waals surface area contributed by atoms with Crippen molar-refractivity contribution in [2.24, 2.45) is 5.92 Å². The Morgan fingerprint density at radius 3 is 3.18 bits per heavy atom. The Bertz CT molecular complexity index is 331. The zero-order chi connectivity index (χ0) is 12.1. The Kier molecular flexibility index (Phi) is 4.57. The highest BCUT2D eigenvalue weighted by Crippen LogP contribution is 2.16. The number of ether oxygens (including phenoxy) is 1. The van der Waals surface area contributed by atoms with E-state index in [1.807, 2.05) is 6.20 Å². The monoisotopic (exact) mass is 237 g/mol. The van der Waals surface area contributed by atoms with Crippen LogP contribution in [0.5, 0.6) is 0 Å². The number of aromatic amines is 1. The minimum atomic E-state index is 0.572. The van der Waals surface area contributed by atoms with Crippen molar-refractivity contribution in [2.45, 2.75) is 39.2 Å². The number of nitrogens with zero attached hydrogens (tertiary/aromatic N) is 1. The molecule has 2 atom stereocenters. The fraction of sp³-hybridized carbons (Fsp3) is 0.769. The first-order valence-corrected chi connectivity index (χ1v) is 6.57. The van der Waals surface area contributed by atoms with Gasteiger partial charge in [-0.2, -0.15) is 5.10 Å². The van der Waals surface area contributed by atoms with E-state index in [1.165, 1.54) is 17.7 Å². The van der Waals surface area contributed by atoms with E-state index < -0.39 is 0 Å². The van der Waals surface area contributed by atoms with Gasteiger partial charge in [0.2, 0.25) is 0 Å². The van der Waals surface area contributed by atoms with Crippen molar-refractivity contribution in [3.05, 3.63) is 17.5 Å². The Hall–Kier alpha value is -0.870. The average molecular weight is 237 g/mol. The molecule has 1 fully saturated rings. The smallest absolute Gasteiger partial charge is 0.0522 e. The highest BCUT2D eigenvalue weighted by atomic mass is 16.5. The zero-order valence-electron chi connectivity index (χ0n) is 10.8. The van der Waals surface area contributed by atoms with Crippen LogP contribution >= 0.6 is 0 Å². The van der Waals surface area contributed by atoms with E-state index in [-0.39, 0.29) is 0 Å². The highest BCUT2D eigenvalue weighted by Gasteiger charge is 2.21. The summed E-state index contributed by atoms with van der Waals surface area (Å²) in [5, 5.41) is 10.6. The molecule has 0 aliphatic carbocycles. The molecule has 0 amide bonds. The summed E-state index contributed by atoms with van der Waals surface area (Å²) in [6, 6.07) is 0.572. The van der Waals surface area contributed by atoms with Crippen molar-refractivity contribution in [1.29, 1.82) is 0 Å². The number of hydrogen-bond donors (Lipinski definition) is 2. The number of aromatic nitrogens is 2. The summed E-state index contributed by atoms with van der Waals surface area (Å²) in [5.74, 6) is 0.700. The first-order chi connectivity index (χ1) is 8.27. The Balaban J connectivity index is 1.61. The molecule has 1 saturated heterocycles. The van der Waals surface area contributed by atoms with Crippen molar-refractivity contribution >= 4 is 0 Å². The molecule has 0 spiro atoms. The van der Waals surface area contributed by atoms with Gasteiger partial charge in [0.25, 0.3) is 0 Å². The summed E-state index contributed by atoms with van der Waals surface area (Å²) in [6.45, 7) is 7.28. The molecule has 1 aliphatic rings. The molecule has 1 aromatic heterocycles. The Labute approximate surface area is 103 Å². The van der Waals surface area contributed by atoms with Crippen LogP contribution in [-0.4, -0.2) is 36.0 Å². The molecular weight excluding hydrogens is 214 g/mol. The summed E-state index contributed by atoms with van der Waals surface area (Å²) in [4.78, 5) is 0. The number of nitrogens with one attached hydrogen (secondary N) is 2. The summed E-state index contributed by atoms with van der Waals surface area (Å²) in [6.07, 6.45) is 5.40. The van der Waals surface area contributed by atoms with Gasteiger partial charge in [-0.15, -0.1) is 0 Å². The molecule has 0 bridgehead atoms. The SMILES string of the molecule is Cc1[nH]ncc1CCCNC(C)C1CCOC1. The maximum Gasteiger partial charge on any atom is 0.0522 e. The van der Waals surface area contributed by atoms with Crippen molar-refractivity contribution in [3.8, 4) is 0 Å². The van der Waals surface area contributed by atoms with Gasteiger partial charge in [0.15, 0.2) is 0 Å². The maximum absolute atomic E-state index is 5.41. The predicted octanol–water partition coefficient (Wildman–Crippen LogP) is 1.67. The minimum Gasteiger partial charge on any atom is -0.381 e. The lowest BCUT2D eigenvalue weighted by atomic mass is 10.0. The van der Waals surface area contributed by atoms with Gasteiger partial charge in [-0.1, -0.05) is 0 Å². The lowest BCUT2D eigenvalue weighted by Gasteiger charge is -2.19. The molecule has 2 rings (SSSR count). The van der Waals surface area contributed by atoms with E-state index in [9.17, 15) is 0 Å².